The molecule has 0 saturated heterocycles. The van der Waals surface area contributed by atoms with Crippen LogP contribution in [0.25, 0.3) is 38.4 Å². The van der Waals surface area contributed by atoms with Crippen molar-refractivity contribution in [2.75, 3.05) is 0 Å². The highest BCUT2D eigenvalue weighted by atomic mass is 79.9. The van der Waals surface area contributed by atoms with Crippen molar-refractivity contribution in [2.24, 2.45) is 0 Å². The molecule has 0 aliphatic carbocycles. The van der Waals surface area contributed by atoms with Crippen molar-refractivity contribution in [3.63, 3.8) is 0 Å². The summed E-state index contributed by atoms with van der Waals surface area (Å²) >= 11 is 3.56. The monoisotopic (exact) mass is 372 g/mol. The Morgan fingerprint density at radius 2 is 1.58 bits per heavy atom. The Balaban J connectivity index is 1.92. The Morgan fingerprint density at radius 3 is 2.46 bits per heavy atom. The third-order valence-electron chi connectivity index (χ3n) is 4.51. The maximum atomic E-state index is 4.57. The molecule has 0 aliphatic rings. The van der Waals surface area contributed by atoms with E-state index in [1.807, 2.05) is 18.5 Å². The van der Waals surface area contributed by atoms with Crippen LogP contribution in [0, 0.1) is 0 Å². The Morgan fingerprint density at radius 1 is 0.750 bits per heavy atom. The molecule has 0 radical (unpaired) electrons. The Kier molecular flexibility index (Phi) is 2.97. The first-order valence-electron chi connectivity index (χ1n) is 7.85. The van der Waals surface area contributed by atoms with Crippen molar-refractivity contribution in [1.29, 1.82) is 0 Å². The fraction of sp³-hybridized carbons (Fsp3) is 0. The second kappa shape index (κ2) is 5.18. The second-order valence-electron chi connectivity index (χ2n) is 5.91. The molecule has 0 fully saturated rings. The minimum absolute atomic E-state index is 1.00. The van der Waals surface area contributed by atoms with Gasteiger partial charge < -0.3 is 0 Å². The van der Waals surface area contributed by atoms with Gasteiger partial charge in [-0.05, 0) is 34.7 Å². The van der Waals surface area contributed by atoms with Crippen molar-refractivity contribution >= 4 is 43.3 Å². The van der Waals surface area contributed by atoms with Crippen LogP contribution >= 0.6 is 15.9 Å². The standard InChI is InChI=1S/C21H13BrN2/c22-16-5-3-4-14(12-16)15-8-9-18-17-6-1-2-7-19(17)21-23-10-11-24(21)20(18)13-15/h1-13H. The molecule has 3 heteroatoms. The number of fused-ring (bicyclic) bond motifs is 6. The average molecular weight is 373 g/mol. The van der Waals surface area contributed by atoms with E-state index in [1.54, 1.807) is 0 Å². The number of pyridine rings is 1. The number of aromatic nitrogens is 2. The summed E-state index contributed by atoms with van der Waals surface area (Å²) in [6.07, 6.45) is 3.90. The van der Waals surface area contributed by atoms with Gasteiger partial charge in [0.1, 0.15) is 5.65 Å². The molecule has 5 rings (SSSR count). The number of benzene rings is 3. The largest absolute Gasteiger partial charge is 0.299 e. The summed E-state index contributed by atoms with van der Waals surface area (Å²) in [5, 5.41) is 3.67. The highest BCUT2D eigenvalue weighted by Gasteiger charge is 2.10. The minimum atomic E-state index is 1.00. The summed E-state index contributed by atoms with van der Waals surface area (Å²) in [4.78, 5) is 4.57. The first-order valence-corrected chi connectivity index (χ1v) is 8.64. The van der Waals surface area contributed by atoms with Gasteiger partial charge in [-0.1, -0.05) is 64.5 Å². The van der Waals surface area contributed by atoms with Crippen LogP contribution in [-0.2, 0) is 0 Å². The zero-order valence-electron chi connectivity index (χ0n) is 12.8. The number of halogens is 1. The zero-order valence-corrected chi connectivity index (χ0v) is 14.4. The van der Waals surface area contributed by atoms with Gasteiger partial charge in [0.05, 0.1) is 5.52 Å². The van der Waals surface area contributed by atoms with Crippen LogP contribution in [0.5, 0.6) is 0 Å². The molecule has 0 bridgehead atoms. The van der Waals surface area contributed by atoms with E-state index in [2.05, 4.69) is 86.0 Å². The van der Waals surface area contributed by atoms with Gasteiger partial charge in [0, 0.05) is 27.6 Å². The van der Waals surface area contributed by atoms with Gasteiger partial charge in [0.25, 0.3) is 0 Å². The predicted octanol–water partition coefficient (Wildman–Crippen LogP) is 6.07. The molecule has 0 N–H and O–H groups in total. The Labute approximate surface area is 147 Å². The smallest absolute Gasteiger partial charge is 0.145 e. The predicted molar refractivity (Wildman–Crippen MR) is 103 cm³/mol. The second-order valence-corrected chi connectivity index (χ2v) is 6.82. The molecule has 0 spiro atoms. The lowest BCUT2D eigenvalue weighted by Gasteiger charge is -2.10. The van der Waals surface area contributed by atoms with E-state index in [-0.39, 0.29) is 0 Å². The first-order chi connectivity index (χ1) is 11.8. The van der Waals surface area contributed by atoms with E-state index in [9.17, 15) is 0 Å². The fourth-order valence-electron chi connectivity index (χ4n) is 3.42. The number of nitrogens with zero attached hydrogens (tertiary/aromatic N) is 2. The molecule has 0 aliphatic heterocycles. The van der Waals surface area contributed by atoms with Crippen LogP contribution in [0.15, 0.2) is 83.6 Å². The summed E-state index contributed by atoms with van der Waals surface area (Å²) < 4.78 is 3.27. The van der Waals surface area contributed by atoms with Gasteiger partial charge in [-0.25, -0.2) is 4.98 Å². The van der Waals surface area contributed by atoms with Gasteiger partial charge in [0.2, 0.25) is 0 Å². The van der Waals surface area contributed by atoms with E-state index in [1.165, 1.54) is 32.8 Å². The molecule has 2 heterocycles. The van der Waals surface area contributed by atoms with Crippen LogP contribution < -0.4 is 0 Å². The van der Waals surface area contributed by atoms with Crippen molar-refractivity contribution < 1.29 is 0 Å². The molecular formula is C21H13BrN2. The van der Waals surface area contributed by atoms with Crippen molar-refractivity contribution in [2.45, 2.75) is 0 Å². The minimum Gasteiger partial charge on any atom is -0.299 e. The maximum absolute atomic E-state index is 4.57. The lowest BCUT2D eigenvalue weighted by Crippen LogP contribution is -1.91. The molecule has 0 atom stereocenters. The van der Waals surface area contributed by atoms with Gasteiger partial charge in [-0.3, -0.25) is 4.40 Å². The molecule has 114 valence electrons. The lowest BCUT2D eigenvalue weighted by molar-refractivity contribution is 1.27. The van der Waals surface area contributed by atoms with Crippen LogP contribution in [0.1, 0.15) is 0 Å². The normalized spacial score (nSPS) is 11.5. The fourth-order valence-corrected chi connectivity index (χ4v) is 3.82. The molecule has 3 aromatic carbocycles. The molecule has 2 aromatic heterocycles. The summed E-state index contributed by atoms with van der Waals surface area (Å²) in [6.45, 7) is 0. The molecule has 0 amide bonds. The average Bonchev–Trinajstić information content (AvgIpc) is 3.12. The van der Waals surface area contributed by atoms with E-state index in [0.717, 1.165) is 10.1 Å². The van der Waals surface area contributed by atoms with Crippen molar-refractivity contribution in [1.82, 2.24) is 9.38 Å². The van der Waals surface area contributed by atoms with E-state index in [0.29, 0.717) is 0 Å². The van der Waals surface area contributed by atoms with E-state index in [4.69, 9.17) is 0 Å². The van der Waals surface area contributed by atoms with E-state index >= 15 is 0 Å². The first kappa shape index (κ1) is 13.8. The molecule has 5 aromatic rings. The molecule has 24 heavy (non-hydrogen) atoms. The number of hydrogen-bond donors (Lipinski definition) is 0. The van der Waals surface area contributed by atoms with Crippen LogP contribution in [0.3, 0.4) is 0 Å². The zero-order chi connectivity index (χ0) is 16.1. The van der Waals surface area contributed by atoms with E-state index < -0.39 is 0 Å². The van der Waals surface area contributed by atoms with Crippen molar-refractivity contribution in [3.05, 3.63) is 83.6 Å². The maximum Gasteiger partial charge on any atom is 0.145 e. The van der Waals surface area contributed by atoms with Gasteiger partial charge >= 0.3 is 0 Å². The highest BCUT2D eigenvalue weighted by Crippen LogP contribution is 2.32. The third kappa shape index (κ3) is 1.98. The van der Waals surface area contributed by atoms with Gasteiger partial charge in [0.15, 0.2) is 0 Å². The summed E-state index contributed by atoms with van der Waals surface area (Å²) in [6, 6.07) is 23.5. The summed E-state index contributed by atoms with van der Waals surface area (Å²) in [5.74, 6) is 0. The van der Waals surface area contributed by atoms with Crippen LogP contribution in [0.2, 0.25) is 0 Å². The summed E-state index contributed by atoms with van der Waals surface area (Å²) in [7, 11) is 0. The summed E-state index contributed by atoms with van der Waals surface area (Å²) in [5.41, 5.74) is 4.59. The number of hydrogen-bond acceptors (Lipinski definition) is 1. The Hall–Kier alpha value is -2.65. The Bertz CT molecular complexity index is 1220. The third-order valence-corrected chi connectivity index (χ3v) is 5.01. The topological polar surface area (TPSA) is 17.3 Å². The van der Waals surface area contributed by atoms with Gasteiger partial charge in [-0.15, -0.1) is 0 Å². The number of imidazole rings is 1. The molecule has 2 nitrogen and oxygen atoms in total. The highest BCUT2D eigenvalue weighted by molar-refractivity contribution is 9.10. The molecule has 0 saturated carbocycles. The van der Waals surface area contributed by atoms with Crippen LogP contribution in [0.4, 0.5) is 0 Å². The van der Waals surface area contributed by atoms with Gasteiger partial charge in [-0.2, -0.15) is 0 Å². The van der Waals surface area contributed by atoms with Crippen molar-refractivity contribution in [3.8, 4) is 11.1 Å². The quantitative estimate of drug-likeness (QED) is 0.326. The van der Waals surface area contributed by atoms with Crippen LogP contribution in [-0.4, -0.2) is 9.38 Å². The molecular weight excluding hydrogens is 360 g/mol. The lowest BCUT2D eigenvalue weighted by atomic mass is 10.0. The number of rotatable bonds is 1. The SMILES string of the molecule is Brc1cccc(-c2ccc3c4ccccc4c4nccn4c3c2)c1. The molecule has 0 unspecified atom stereocenters.